The van der Waals surface area contributed by atoms with Gasteiger partial charge in [-0.1, -0.05) is 49.2 Å². The zero-order valence-electron chi connectivity index (χ0n) is 12.2. The standard InChI is InChI=1S/C15H24ClN3O/c1-15(2,14(17)19-20)8-3-4-9-18-11-12-6-5-7-13(16)10-12/h5-7,10,18,20H,3-4,8-9,11H2,1-2H3,(H2,17,19). The van der Waals surface area contributed by atoms with E-state index in [-0.39, 0.29) is 5.41 Å². The maximum absolute atomic E-state index is 8.70. The molecule has 0 aliphatic heterocycles. The van der Waals surface area contributed by atoms with E-state index >= 15 is 0 Å². The first-order chi connectivity index (χ1) is 9.45. The van der Waals surface area contributed by atoms with Gasteiger partial charge in [0, 0.05) is 17.0 Å². The average molecular weight is 298 g/mol. The monoisotopic (exact) mass is 297 g/mol. The molecule has 5 heteroatoms. The minimum Gasteiger partial charge on any atom is -0.409 e. The lowest BCUT2D eigenvalue weighted by molar-refractivity contribution is 0.304. The van der Waals surface area contributed by atoms with Gasteiger partial charge in [0.05, 0.1) is 0 Å². The highest BCUT2D eigenvalue weighted by atomic mass is 35.5. The lowest BCUT2D eigenvalue weighted by atomic mass is 9.86. The van der Waals surface area contributed by atoms with Crippen molar-refractivity contribution in [1.29, 1.82) is 0 Å². The number of unbranched alkanes of at least 4 members (excludes halogenated alkanes) is 1. The van der Waals surface area contributed by atoms with Gasteiger partial charge < -0.3 is 16.3 Å². The molecule has 20 heavy (non-hydrogen) atoms. The Kier molecular flexibility index (Phi) is 6.82. The maximum atomic E-state index is 8.70. The second kappa shape index (κ2) is 8.12. The normalized spacial score (nSPS) is 12.7. The van der Waals surface area contributed by atoms with Crippen molar-refractivity contribution in [2.24, 2.45) is 16.3 Å². The third-order valence-electron chi connectivity index (χ3n) is 3.42. The van der Waals surface area contributed by atoms with Crippen LogP contribution in [-0.4, -0.2) is 17.6 Å². The molecular weight excluding hydrogens is 274 g/mol. The molecule has 0 saturated carbocycles. The minimum absolute atomic E-state index is 0.248. The van der Waals surface area contributed by atoms with Crippen LogP contribution in [0, 0.1) is 5.41 Å². The fourth-order valence-corrected chi connectivity index (χ4v) is 2.17. The van der Waals surface area contributed by atoms with Crippen LogP contribution in [-0.2, 0) is 6.54 Å². The number of oxime groups is 1. The Morgan fingerprint density at radius 2 is 2.15 bits per heavy atom. The number of halogens is 1. The van der Waals surface area contributed by atoms with Crippen molar-refractivity contribution in [3.8, 4) is 0 Å². The molecule has 0 unspecified atom stereocenters. The third-order valence-corrected chi connectivity index (χ3v) is 3.66. The summed E-state index contributed by atoms with van der Waals surface area (Å²) in [5, 5.41) is 15.9. The quantitative estimate of drug-likeness (QED) is 0.226. The second-order valence-corrected chi connectivity index (χ2v) is 6.07. The molecule has 1 aromatic carbocycles. The summed E-state index contributed by atoms with van der Waals surface area (Å²) in [6, 6.07) is 7.86. The highest BCUT2D eigenvalue weighted by Crippen LogP contribution is 2.23. The van der Waals surface area contributed by atoms with E-state index in [1.54, 1.807) is 0 Å². The fraction of sp³-hybridized carbons (Fsp3) is 0.533. The fourth-order valence-electron chi connectivity index (χ4n) is 1.96. The number of nitrogens with one attached hydrogen (secondary N) is 1. The molecule has 112 valence electrons. The predicted octanol–water partition coefficient (Wildman–Crippen LogP) is 3.37. The van der Waals surface area contributed by atoms with Crippen molar-refractivity contribution in [3.63, 3.8) is 0 Å². The number of nitrogens with zero attached hydrogens (tertiary/aromatic N) is 1. The van der Waals surface area contributed by atoms with E-state index in [1.807, 2.05) is 32.0 Å². The van der Waals surface area contributed by atoms with Gasteiger partial charge in [0.2, 0.25) is 0 Å². The molecule has 4 nitrogen and oxygen atoms in total. The molecule has 1 rings (SSSR count). The number of rotatable bonds is 8. The first kappa shape index (κ1) is 16.8. The number of hydrogen-bond acceptors (Lipinski definition) is 3. The zero-order chi connectivity index (χ0) is 15.0. The molecule has 0 bridgehead atoms. The van der Waals surface area contributed by atoms with Crippen molar-refractivity contribution in [1.82, 2.24) is 5.32 Å². The highest BCUT2D eigenvalue weighted by molar-refractivity contribution is 6.30. The van der Waals surface area contributed by atoms with Crippen LogP contribution in [0.15, 0.2) is 29.4 Å². The molecule has 0 fully saturated rings. The van der Waals surface area contributed by atoms with E-state index in [2.05, 4.69) is 16.5 Å². The summed E-state index contributed by atoms with van der Waals surface area (Å²) in [5.41, 5.74) is 6.59. The van der Waals surface area contributed by atoms with E-state index in [4.69, 9.17) is 22.5 Å². The van der Waals surface area contributed by atoms with Gasteiger partial charge in [0.1, 0.15) is 5.84 Å². The highest BCUT2D eigenvalue weighted by Gasteiger charge is 2.22. The molecule has 0 atom stereocenters. The Morgan fingerprint density at radius 1 is 1.40 bits per heavy atom. The Bertz CT molecular complexity index is 446. The second-order valence-electron chi connectivity index (χ2n) is 5.63. The van der Waals surface area contributed by atoms with Crippen LogP contribution in [0.25, 0.3) is 0 Å². The van der Waals surface area contributed by atoms with Crippen molar-refractivity contribution in [3.05, 3.63) is 34.9 Å². The van der Waals surface area contributed by atoms with Gasteiger partial charge in [-0.05, 0) is 37.1 Å². The van der Waals surface area contributed by atoms with Gasteiger partial charge in [0.25, 0.3) is 0 Å². The summed E-state index contributed by atoms with van der Waals surface area (Å²) >= 11 is 5.93. The lowest BCUT2D eigenvalue weighted by Crippen LogP contribution is -2.32. The van der Waals surface area contributed by atoms with E-state index in [0.29, 0.717) is 5.84 Å². The van der Waals surface area contributed by atoms with Gasteiger partial charge in [-0.15, -0.1) is 0 Å². The predicted molar refractivity (Wildman–Crippen MR) is 84.2 cm³/mol. The van der Waals surface area contributed by atoms with Crippen LogP contribution in [0.1, 0.15) is 38.7 Å². The lowest BCUT2D eigenvalue weighted by Gasteiger charge is -2.22. The molecule has 0 aliphatic rings. The summed E-state index contributed by atoms with van der Waals surface area (Å²) in [6.45, 7) is 5.74. The molecule has 0 amide bonds. The van der Waals surface area contributed by atoms with E-state index in [9.17, 15) is 0 Å². The molecule has 4 N–H and O–H groups in total. The summed E-state index contributed by atoms with van der Waals surface area (Å²) in [6.07, 6.45) is 3.00. The van der Waals surface area contributed by atoms with E-state index in [0.717, 1.165) is 37.4 Å². The Morgan fingerprint density at radius 3 is 2.80 bits per heavy atom. The molecule has 0 aliphatic carbocycles. The molecule has 0 saturated heterocycles. The number of benzene rings is 1. The van der Waals surface area contributed by atoms with Crippen molar-refractivity contribution in [2.75, 3.05) is 6.54 Å². The SMILES string of the molecule is CC(C)(CCCCNCc1cccc(Cl)c1)/C(N)=N/O. The maximum Gasteiger partial charge on any atom is 0.144 e. The smallest absolute Gasteiger partial charge is 0.144 e. The zero-order valence-corrected chi connectivity index (χ0v) is 13.0. The molecule has 0 aromatic heterocycles. The van der Waals surface area contributed by atoms with Crippen LogP contribution >= 0.6 is 11.6 Å². The van der Waals surface area contributed by atoms with Crippen molar-refractivity contribution < 1.29 is 5.21 Å². The Labute approximate surface area is 126 Å². The number of amidine groups is 1. The van der Waals surface area contributed by atoms with Crippen molar-refractivity contribution >= 4 is 17.4 Å². The number of hydrogen-bond donors (Lipinski definition) is 3. The van der Waals surface area contributed by atoms with Crippen LogP contribution in [0.3, 0.4) is 0 Å². The first-order valence-electron chi connectivity index (χ1n) is 6.89. The Hall–Kier alpha value is -1.26. The summed E-state index contributed by atoms with van der Waals surface area (Å²) < 4.78 is 0. The van der Waals surface area contributed by atoms with E-state index < -0.39 is 0 Å². The summed E-state index contributed by atoms with van der Waals surface area (Å²) in [7, 11) is 0. The third kappa shape index (κ3) is 5.80. The van der Waals surface area contributed by atoms with Gasteiger partial charge in [0.15, 0.2) is 0 Å². The first-order valence-corrected chi connectivity index (χ1v) is 7.26. The van der Waals surface area contributed by atoms with Crippen LogP contribution in [0.4, 0.5) is 0 Å². The van der Waals surface area contributed by atoms with E-state index in [1.165, 1.54) is 5.56 Å². The van der Waals surface area contributed by atoms with Gasteiger partial charge in [-0.3, -0.25) is 0 Å². The van der Waals surface area contributed by atoms with Crippen molar-refractivity contribution in [2.45, 2.75) is 39.7 Å². The summed E-state index contributed by atoms with van der Waals surface area (Å²) in [5.74, 6) is 0.296. The molecule has 0 heterocycles. The number of nitrogens with two attached hydrogens (primary N) is 1. The molecule has 0 radical (unpaired) electrons. The molecule has 1 aromatic rings. The molecular formula is C15H24ClN3O. The largest absolute Gasteiger partial charge is 0.409 e. The van der Waals surface area contributed by atoms with Crippen LogP contribution < -0.4 is 11.1 Å². The van der Waals surface area contributed by atoms with Crippen LogP contribution in [0.5, 0.6) is 0 Å². The summed E-state index contributed by atoms with van der Waals surface area (Å²) in [4.78, 5) is 0. The van der Waals surface area contributed by atoms with Crippen LogP contribution in [0.2, 0.25) is 5.02 Å². The topological polar surface area (TPSA) is 70.6 Å². The van der Waals surface area contributed by atoms with Gasteiger partial charge in [-0.25, -0.2) is 0 Å². The Balaban J connectivity index is 2.17. The molecule has 0 spiro atoms. The minimum atomic E-state index is -0.248. The average Bonchev–Trinajstić information content (AvgIpc) is 2.41. The van der Waals surface area contributed by atoms with Gasteiger partial charge in [-0.2, -0.15) is 0 Å². The van der Waals surface area contributed by atoms with Gasteiger partial charge >= 0.3 is 0 Å².